The first-order chi connectivity index (χ1) is 9.17. The molecule has 0 radical (unpaired) electrons. The lowest BCUT2D eigenvalue weighted by molar-refractivity contribution is 0.262. The molecule has 94 valence electrons. The van der Waals surface area contributed by atoms with E-state index < -0.39 is 0 Å². The maximum Gasteiger partial charge on any atom is 0.323 e. The predicted octanol–water partition coefficient (Wildman–Crippen LogP) is 3.51. The van der Waals surface area contributed by atoms with Crippen molar-refractivity contribution in [3.8, 4) is 6.07 Å². The molecule has 2 rings (SSSR count). The SMILES string of the molecule is Cc1ccc(NC(=O)Nc2cccc(C#N)c2)cc1. The number of urea groups is 1. The van der Waals surface area contributed by atoms with Crippen molar-refractivity contribution in [1.82, 2.24) is 0 Å². The van der Waals surface area contributed by atoms with Crippen LogP contribution >= 0.6 is 0 Å². The van der Waals surface area contributed by atoms with Crippen molar-refractivity contribution in [2.45, 2.75) is 6.92 Å². The summed E-state index contributed by atoms with van der Waals surface area (Å²) in [5, 5.41) is 14.2. The number of amides is 2. The number of nitrogens with one attached hydrogen (secondary N) is 2. The summed E-state index contributed by atoms with van der Waals surface area (Å²) in [5.74, 6) is 0. The van der Waals surface area contributed by atoms with Gasteiger partial charge in [0.25, 0.3) is 0 Å². The van der Waals surface area contributed by atoms with Gasteiger partial charge in [-0.2, -0.15) is 5.26 Å². The number of anilines is 2. The van der Waals surface area contributed by atoms with E-state index in [0.29, 0.717) is 11.3 Å². The van der Waals surface area contributed by atoms with E-state index in [1.54, 1.807) is 24.3 Å². The molecule has 0 saturated heterocycles. The van der Waals surface area contributed by atoms with Crippen LogP contribution < -0.4 is 10.6 Å². The number of carbonyl (C=O) groups excluding carboxylic acids is 1. The number of benzene rings is 2. The zero-order chi connectivity index (χ0) is 13.7. The van der Waals surface area contributed by atoms with Gasteiger partial charge in [0.1, 0.15) is 0 Å². The first-order valence-corrected chi connectivity index (χ1v) is 5.82. The van der Waals surface area contributed by atoms with Gasteiger partial charge in [0.2, 0.25) is 0 Å². The molecule has 0 spiro atoms. The van der Waals surface area contributed by atoms with Crippen LogP contribution in [0.15, 0.2) is 48.5 Å². The second kappa shape index (κ2) is 5.69. The van der Waals surface area contributed by atoms with Crippen molar-refractivity contribution >= 4 is 17.4 Å². The molecule has 2 aromatic carbocycles. The Balaban J connectivity index is 2.01. The number of carbonyl (C=O) groups is 1. The Labute approximate surface area is 111 Å². The summed E-state index contributed by atoms with van der Waals surface area (Å²) in [4.78, 5) is 11.8. The number of nitriles is 1. The summed E-state index contributed by atoms with van der Waals surface area (Å²) in [5.41, 5.74) is 2.95. The van der Waals surface area contributed by atoms with E-state index in [0.717, 1.165) is 11.3 Å². The molecule has 2 amide bonds. The van der Waals surface area contributed by atoms with E-state index in [9.17, 15) is 4.79 Å². The molecule has 0 bridgehead atoms. The number of hydrogen-bond acceptors (Lipinski definition) is 2. The van der Waals surface area contributed by atoms with Crippen molar-refractivity contribution in [2.75, 3.05) is 10.6 Å². The van der Waals surface area contributed by atoms with E-state index in [4.69, 9.17) is 5.26 Å². The second-order valence-electron chi connectivity index (χ2n) is 4.14. The third kappa shape index (κ3) is 3.58. The average molecular weight is 251 g/mol. The molecule has 2 N–H and O–H groups in total. The van der Waals surface area contributed by atoms with E-state index in [1.165, 1.54) is 0 Å². The highest BCUT2D eigenvalue weighted by Crippen LogP contribution is 2.12. The highest BCUT2D eigenvalue weighted by molar-refractivity contribution is 5.99. The molecule has 0 saturated carbocycles. The molecule has 0 aliphatic rings. The van der Waals surface area contributed by atoms with Gasteiger partial charge in [0.15, 0.2) is 0 Å². The molecule has 4 nitrogen and oxygen atoms in total. The van der Waals surface area contributed by atoms with Crippen molar-refractivity contribution in [2.24, 2.45) is 0 Å². The monoisotopic (exact) mass is 251 g/mol. The highest BCUT2D eigenvalue weighted by Gasteiger charge is 2.02. The molecule has 4 heteroatoms. The summed E-state index contributed by atoms with van der Waals surface area (Å²) < 4.78 is 0. The number of nitrogens with zero attached hydrogens (tertiary/aromatic N) is 1. The number of hydrogen-bond donors (Lipinski definition) is 2. The highest BCUT2D eigenvalue weighted by atomic mass is 16.2. The van der Waals surface area contributed by atoms with Gasteiger partial charge in [-0.3, -0.25) is 0 Å². The number of rotatable bonds is 2. The fraction of sp³-hybridized carbons (Fsp3) is 0.0667. The van der Waals surface area contributed by atoms with Crippen molar-refractivity contribution in [3.63, 3.8) is 0 Å². The van der Waals surface area contributed by atoms with Gasteiger partial charge in [-0.1, -0.05) is 23.8 Å². The minimum Gasteiger partial charge on any atom is -0.308 e. The average Bonchev–Trinajstić information content (AvgIpc) is 2.41. The first kappa shape index (κ1) is 12.7. The Bertz CT molecular complexity index is 627. The van der Waals surface area contributed by atoms with Gasteiger partial charge in [0, 0.05) is 11.4 Å². The van der Waals surface area contributed by atoms with Gasteiger partial charge in [-0.25, -0.2) is 4.79 Å². The molecular formula is C15H13N3O. The lowest BCUT2D eigenvalue weighted by atomic mass is 10.2. The molecule has 0 aromatic heterocycles. The Morgan fingerprint density at radius 3 is 2.42 bits per heavy atom. The van der Waals surface area contributed by atoms with Crippen LogP contribution in [0.3, 0.4) is 0 Å². The third-order valence-corrected chi connectivity index (χ3v) is 2.56. The number of aryl methyl sites for hydroxylation is 1. The molecule has 0 fully saturated rings. The normalized spacial score (nSPS) is 9.47. The summed E-state index contributed by atoms with van der Waals surface area (Å²) in [7, 11) is 0. The van der Waals surface area contributed by atoms with Crippen LogP contribution in [-0.2, 0) is 0 Å². The van der Waals surface area contributed by atoms with E-state index in [2.05, 4.69) is 10.6 Å². The molecule has 19 heavy (non-hydrogen) atoms. The van der Waals surface area contributed by atoms with Crippen LogP contribution in [-0.4, -0.2) is 6.03 Å². The van der Waals surface area contributed by atoms with Gasteiger partial charge in [-0.15, -0.1) is 0 Å². The van der Waals surface area contributed by atoms with Crippen molar-refractivity contribution in [1.29, 1.82) is 5.26 Å². The van der Waals surface area contributed by atoms with E-state index >= 15 is 0 Å². The maximum absolute atomic E-state index is 11.8. The van der Waals surface area contributed by atoms with Crippen LogP contribution in [0, 0.1) is 18.3 Å². The molecule has 0 aliphatic carbocycles. The summed E-state index contributed by atoms with van der Waals surface area (Å²) in [6.45, 7) is 1.98. The van der Waals surface area contributed by atoms with Gasteiger partial charge in [-0.05, 0) is 37.3 Å². The van der Waals surface area contributed by atoms with E-state index in [1.807, 2.05) is 37.3 Å². The standard InChI is InChI=1S/C15H13N3O/c1-11-5-7-13(8-6-11)17-15(19)18-14-4-2-3-12(9-14)10-16/h2-9H,1H3,(H2,17,18,19). The molecule has 0 heterocycles. The smallest absolute Gasteiger partial charge is 0.308 e. The van der Waals surface area contributed by atoms with Crippen LogP contribution in [0.2, 0.25) is 0 Å². The summed E-state index contributed by atoms with van der Waals surface area (Å²) in [6.07, 6.45) is 0. The second-order valence-corrected chi connectivity index (χ2v) is 4.14. The molecule has 2 aromatic rings. The molecular weight excluding hydrogens is 238 g/mol. The predicted molar refractivity (Wildman–Crippen MR) is 75.0 cm³/mol. The van der Waals surface area contributed by atoms with Gasteiger partial charge >= 0.3 is 6.03 Å². The van der Waals surface area contributed by atoms with Gasteiger partial charge in [0.05, 0.1) is 11.6 Å². The van der Waals surface area contributed by atoms with Crippen LogP contribution in [0.25, 0.3) is 0 Å². The first-order valence-electron chi connectivity index (χ1n) is 5.82. The Morgan fingerprint density at radius 1 is 1.05 bits per heavy atom. The Kier molecular flexibility index (Phi) is 3.79. The fourth-order valence-corrected chi connectivity index (χ4v) is 1.60. The lowest BCUT2D eigenvalue weighted by Crippen LogP contribution is -2.19. The van der Waals surface area contributed by atoms with Crippen LogP contribution in [0.4, 0.5) is 16.2 Å². The van der Waals surface area contributed by atoms with E-state index in [-0.39, 0.29) is 6.03 Å². The minimum absolute atomic E-state index is 0.334. The Morgan fingerprint density at radius 2 is 1.74 bits per heavy atom. The zero-order valence-corrected chi connectivity index (χ0v) is 10.5. The van der Waals surface area contributed by atoms with Gasteiger partial charge < -0.3 is 10.6 Å². The third-order valence-electron chi connectivity index (χ3n) is 2.56. The lowest BCUT2D eigenvalue weighted by Gasteiger charge is -2.08. The largest absolute Gasteiger partial charge is 0.323 e. The summed E-state index contributed by atoms with van der Waals surface area (Å²) in [6, 6.07) is 16.0. The van der Waals surface area contributed by atoms with Crippen LogP contribution in [0.1, 0.15) is 11.1 Å². The molecule has 0 unspecified atom stereocenters. The van der Waals surface area contributed by atoms with Crippen molar-refractivity contribution < 1.29 is 4.79 Å². The zero-order valence-electron chi connectivity index (χ0n) is 10.5. The minimum atomic E-state index is -0.334. The quantitative estimate of drug-likeness (QED) is 0.857. The fourth-order valence-electron chi connectivity index (χ4n) is 1.60. The molecule has 0 aliphatic heterocycles. The topological polar surface area (TPSA) is 64.9 Å². The van der Waals surface area contributed by atoms with Crippen molar-refractivity contribution in [3.05, 3.63) is 59.7 Å². The van der Waals surface area contributed by atoms with Crippen LogP contribution in [0.5, 0.6) is 0 Å². The molecule has 0 atom stereocenters. The Hall–Kier alpha value is -2.80. The maximum atomic E-state index is 11.8. The summed E-state index contributed by atoms with van der Waals surface area (Å²) >= 11 is 0.